The molecule has 0 aliphatic rings. The Hall–Kier alpha value is -1.06. The molecule has 0 aliphatic heterocycles. The Morgan fingerprint density at radius 3 is 2.62 bits per heavy atom. The molecule has 0 unspecified atom stereocenters. The predicted molar refractivity (Wildman–Crippen MR) is 64.5 cm³/mol. The van der Waals surface area contributed by atoms with Crippen molar-refractivity contribution in [1.29, 1.82) is 0 Å². The summed E-state index contributed by atoms with van der Waals surface area (Å²) in [5, 5.41) is 3.97. The van der Waals surface area contributed by atoms with Crippen LogP contribution in [-0.2, 0) is 9.53 Å². The maximum atomic E-state index is 10.9. The third-order valence-electron chi connectivity index (χ3n) is 2.38. The largest absolute Gasteiger partial charge is 0.469 e. The maximum absolute atomic E-state index is 10.9. The number of hydrogen-bond donors (Lipinski definition) is 1. The van der Waals surface area contributed by atoms with E-state index in [2.05, 4.69) is 10.1 Å². The summed E-state index contributed by atoms with van der Waals surface area (Å²) in [5.74, 6) is -0.198. The lowest BCUT2D eigenvalue weighted by atomic mass is 10.1. The normalized spacial score (nSPS) is 12.2. The Balaban J connectivity index is 2.37. The highest BCUT2D eigenvalue weighted by Crippen LogP contribution is 2.15. The van der Waals surface area contributed by atoms with Crippen molar-refractivity contribution in [3.8, 4) is 0 Å². The Morgan fingerprint density at radius 1 is 1.44 bits per heavy atom. The van der Waals surface area contributed by atoms with Crippen molar-refractivity contribution in [2.45, 2.75) is 19.4 Å². The second kappa shape index (κ2) is 6.51. The zero-order valence-electron chi connectivity index (χ0n) is 9.50. The molecule has 0 aliphatic carbocycles. The van der Waals surface area contributed by atoms with E-state index in [0.29, 0.717) is 13.0 Å². The van der Waals surface area contributed by atoms with E-state index in [0.717, 1.165) is 10.6 Å². The molecule has 16 heavy (non-hydrogen) atoms. The van der Waals surface area contributed by atoms with Gasteiger partial charge in [-0.1, -0.05) is 23.7 Å². The molecule has 0 radical (unpaired) electrons. The monoisotopic (exact) mass is 241 g/mol. The quantitative estimate of drug-likeness (QED) is 0.806. The lowest BCUT2D eigenvalue weighted by molar-refractivity contribution is -0.140. The van der Waals surface area contributed by atoms with E-state index in [1.54, 1.807) is 0 Å². The standard InChI is InChI=1S/C12H16ClNO2/c1-9(14-8-7-12(15)16-2)10-3-5-11(13)6-4-10/h3-6,9,14H,7-8H2,1-2H3/t9-/m1/s1. The summed E-state index contributed by atoms with van der Waals surface area (Å²) in [4.78, 5) is 10.9. The van der Waals surface area contributed by atoms with Crippen molar-refractivity contribution in [2.75, 3.05) is 13.7 Å². The van der Waals surface area contributed by atoms with Gasteiger partial charge in [-0.3, -0.25) is 4.79 Å². The number of carbonyl (C=O) groups excluding carboxylic acids is 1. The number of methoxy groups -OCH3 is 1. The van der Waals surface area contributed by atoms with Crippen LogP contribution in [0, 0.1) is 0 Å². The third kappa shape index (κ3) is 4.21. The van der Waals surface area contributed by atoms with Crippen LogP contribution in [0.2, 0.25) is 5.02 Å². The van der Waals surface area contributed by atoms with Crippen LogP contribution in [0.25, 0.3) is 0 Å². The molecule has 3 nitrogen and oxygen atoms in total. The SMILES string of the molecule is COC(=O)CCN[C@H](C)c1ccc(Cl)cc1. The first-order valence-corrected chi connectivity index (χ1v) is 5.57. The van der Waals surface area contributed by atoms with Crippen LogP contribution in [0.1, 0.15) is 24.9 Å². The van der Waals surface area contributed by atoms with Crippen molar-refractivity contribution in [3.63, 3.8) is 0 Å². The minimum absolute atomic E-state index is 0.196. The lowest BCUT2D eigenvalue weighted by Gasteiger charge is -2.13. The van der Waals surface area contributed by atoms with Crippen LogP contribution >= 0.6 is 11.6 Å². The first-order valence-electron chi connectivity index (χ1n) is 5.19. The number of ether oxygens (including phenoxy) is 1. The Labute approximate surface area is 101 Å². The van der Waals surface area contributed by atoms with Crippen LogP contribution in [0.5, 0.6) is 0 Å². The molecular weight excluding hydrogens is 226 g/mol. The summed E-state index contributed by atoms with van der Waals surface area (Å²) in [6.07, 6.45) is 0.383. The first kappa shape index (κ1) is 13.0. The smallest absolute Gasteiger partial charge is 0.306 e. The summed E-state index contributed by atoms with van der Waals surface area (Å²) in [5.41, 5.74) is 1.15. The van der Waals surface area contributed by atoms with E-state index >= 15 is 0 Å². The number of rotatable bonds is 5. The average molecular weight is 242 g/mol. The van der Waals surface area contributed by atoms with Gasteiger partial charge in [-0.15, -0.1) is 0 Å². The number of benzene rings is 1. The van der Waals surface area contributed by atoms with Crippen molar-refractivity contribution < 1.29 is 9.53 Å². The molecule has 0 aromatic heterocycles. The zero-order valence-corrected chi connectivity index (χ0v) is 10.3. The third-order valence-corrected chi connectivity index (χ3v) is 2.63. The molecule has 1 atom stereocenters. The summed E-state index contributed by atoms with van der Waals surface area (Å²) in [6, 6.07) is 7.85. The molecule has 1 N–H and O–H groups in total. The van der Waals surface area contributed by atoms with Crippen LogP contribution in [0.15, 0.2) is 24.3 Å². The zero-order chi connectivity index (χ0) is 12.0. The van der Waals surface area contributed by atoms with Gasteiger partial charge in [0.25, 0.3) is 0 Å². The van der Waals surface area contributed by atoms with E-state index in [4.69, 9.17) is 11.6 Å². The summed E-state index contributed by atoms with van der Waals surface area (Å²) < 4.78 is 4.56. The fourth-order valence-corrected chi connectivity index (χ4v) is 1.49. The molecule has 0 saturated heterocycles. The van der Waals surface area contributed by atoms with Crippen LogP contribution in [0.3, 0.4) is 0 Å². The summed E-state index contributed by atoms with van der Waals surface area (Å²) >= 11 is 5.80. The van der Waals surface area contributed by atoms with Crippen molar-refractivity contribution >= 4 is 17.6 Å². The van der Waals surface area contributed by atoms with Gasteiger partial charge in [-0.25, -0.2) is 0 Å². The highest BCUT2D eigenvalue weighted by atomic mass is 35.5. The Kier molecular flexibility index (Phi) is 5.29. The molecule has 0 amide bonds. The molecule has 0 spiro atoms. The minimum Gasteiger partial charge on any atom is -0.469 e. The number of nitrogens with one attached hydrogen (secondary N) is 1. The van der Waals surface area contributed by atoms with Crippen molar-refractivity contribution in [2.24, 2.45) is 0 Å². The Morgan fingerprint density at radius 2 is 2.06 bits per heavy atom. The highest BCUT2D eigenvalue weighted by molar-refractivity contribution is 6.30. The molecule has 0 heterocycles. The van der Waals surface area contributed by atoms with Gasteiger partial charge in [0.05, 0.1) is 13.5 Å². The van der Waals surface area contributed by atoms with Gasteiger partial charge in [0.2, 0.25) is 0 Å². The van der Waals surface area contributed by atoms with Gasteiger partial charge in [0.15, 0.2) is 0 Å². The minimum atomic E-state index is -0.198. The number of esters is 1. The van der Waals surface area contributed by atoms with Gasteiger partial charge >= 0.3 is 5.97 Å². The molecular formula is C12H16ClNO2. The number of halogens is 1. The molecule has 0 fully saturated rings. The van der Waals surface area contributed by atoms with Crippen LogP contribution in [-0.4, -0.2) is 19.6 Å². The number of carbonyl (C=O) groups is 1. The summed E-state index contributed by atoms with van der Waals surface area (Å²) in [7, 11) is 1.39. The van der Waals surface area contributed by atoms with Gasteiger partial charge in [-0.2, -0.15) is 0 Å². The van der Waals surface area contributed by atoms with Gasteiger partial charge in [0.1, 0.15) is 0 Å². The van der Waals surface area contributed by atoms with E-state index in [-0.39, 0.29) is 12.0 Å². The van der Waals surface area contributed by atoms with E-state index in [1.807, 2.05) is 31.2 Å². The van der Waals surface area contributed by atoms with Crippen molar-refractivity contribution in [1.82, 2.24) is 5.32 Å². The molecule has 0 saturated carbocycles. The first-order chi connectivity index (χ1) is 7.63. The Bertz CT molecular complexity index is 337. The second-order valence-electron chi connectivity index (χ2n) is 3.55. The molecule has 1 rings (SSSR count). The van der Waals surface area contributed by atoms with Crippen molar-refractivity contribution in [3.05, 3.63) is 34.9 Å². The van der Waals surface area contributed by atoms with E-state index < -0.39 is 0 Å². The topological polar surface area (TPSA) is 38.3 Å². The van der Waals surface area contributed by atoms with E-state index in [9.17, 15) is 4.79 Å². The molecule has 0 bridgehead atoms. The molecule has 1 aromatic carbocycles. The van der Waals surface area contributed by atoms with E-state index in [1.165, 1.54) is 7.11 Å². The molecule has 88 valence electrons. The second-order valence-corrected chi connectivity index (χ2v) is 3.99. The predicted octanol–water partition coefficient (Wildman–Crippen LogP) is 2.55. The number of hydrogen-bond acceptors (Lipinski definition) is 3. The summed E-state index contributed by atoms with van der Waals surface area (Å²) in [6.45, 7) is 2.65. The maximum Gasteiger partial charge on any atom is 0.306 e. The van der Waals surface area contributed by atoms with Gasteiger partial charge in [0, 0.05) is 17.6 Å². The van der Waals surface area contributed by atoms with Gasteiger partial charge < -0.3 is 10.1 Å². The highest BCUT2D eigenvalue weighted by Gasteiger charge is 2.05. The fourth-order valence-electron chi connectivity index (χ4n) is 1.36. The van der Waals surface area contributed by atoms with Gasteiger partial charge in [-0.05, 0) is 24.6 Å². The fraction of sp³-hybridized carbons (Fsp3) is 0.417. The molecule has 1 aromatic rings. The molecule has 4 heteroatoms. The average Bonchev–Trinajstić information content (AvgIpc) is 2.29. The van der Waals surface area contributed by atoms with Crippen LogP contribution < -0.4 is 5.32 Å². The van der Waals surface area contributed by atoms with Crippen LogP contribution in [0.4, 0.5) is 0 Å². The lowest BCUT2D eigenvalue weighted by Crippen LogP contribution is -2.22.